The molecule has 0 N–H and O–H groups in total. The Bertz CT molecular complexity index is 856. The topological polar surface area (TPSA) is 34.9 Å². The molecule has 3 aromatic rings. The second kappa shape index (κ2) is 5.10. The minimum Gasteiger partial charge on any atom is -0.294 e. The number of hydrogen-bond donors (Lipinski definition) is 0. The van der Waals surface area contributed by atoms with Gasteiger partial charge in [-0.1, -0.05) is 6.07 Å². The summed E-state index contributed by atoms with van der Waals surface area (Å²) in [6.07, 6.45) is 1.54. The third kappa shape index (κ3) is 2.29. The quantitative estimate of drug-likeness (QED) is 0.704. The Morgan fingerprint density at radius 1 is 1.45 bits per heavy atom. The maximum absolute atomic E-state index is 13.2. The first-order valence-corrected chi connectivity index (χ1v) is 7.60. The monoisotopic (exact) mass is 352 g/mol. The summed E-state index contributed by atoms with van der Waals surface area (Å²) >= 11 is 4.55. The van der Waals surface area contributed by atoms with Gasteiger partial charge in [-0.2, -0.15) is 0 Å². The second-order valence-electron chi connectivity index (χ2n) is 4.52. The number of nitrogens with zero attached hydrogens (tertiary/aromatic N) is 2. The number of fused-ring (bicyclic) bond motifs is 1. The first kappa shape index (κ1) is 13.5. The van der Waals surface area contributed by atoms with Gasteiger partial charge in [-0.25, -0.2) is 9.37 Å². The van der Waals surface area contributed by atoms with Gasteiger partial charge in [0, 0.05) is 0 Å². The predicted octanol–water partition coefficient (Wildman–Crippen LogP) is 3.72. The fourth-order valence-electron chi connectivity index (χ4n) is 2.01. The van der Waals surface area contributed by atoms with E-state index in [1.165, 1.54) is 22.0 Å². The molecule has 0 aliphatic heterocycles. The van der Waals surface area contributed by atoms with E-state index in [4.69, 9.17) is 0 Å². The molecule has 6 heteroatoms. The van der Waals surface area contributed by atoms with Gasteiger partial charge >= 0.3 is 0 Å². The van der Waals surface area contributed by atoms with Crippen LogP contribution < -0.4 is 5.56 Å². The van der Waals surface area contributed by atoms with E-state index in [-0.39, 0.29) is 11.4 Å². The van der Waals surface area contributed by atoms with Crippen molar-refractivity contribution in [2.45, 2.75) is 13.5 Å². The van der Waals surface area contributed by atoms with Gasteiger partial charge in [-0.3, -0.25) is 9.36 Å². The van der Waals surface area contributed by atoms with E-state index in [1.54, 1.807) is 18.5 Å². The molecule has 0 aliphatic rings. The zero-order chi connectivity index (χ0) is 14.3. The van der Waals surface area contributed by atoms with Crippen LogP contribution in [0.25, 0.3) is 10.2 Å². The maximum Gasteiger partial charge on any atom is 0.271 e. The number of benzene rings is 1. The summed E-state index contributed by atoms with van der Waals surface area (Å²) in [5.41, 5.74) is 2.55. The van der Waals surface area contributed by atoms with Crippen molar-refractivity contribution >= 4 is 37.5 Å². The number of rotatable bonds is 2. The fraction of sp³-hybridized carbons (Fsp3) is 0.143. The summed E-state index contributed by atoms with van der Waals surface area (Å²) in [4.78, 5) is 16.7. The van der Waals surface area contributed by atoms with Crippen molar-refractivity contribution in [2.75, 3.05) is 0 Å². The average molecular weight is 353 g/mol. The van der Waals surface area contributed by atoms with Crippen molar-refractivity contribution in [3.8, 4) is 0 Å². The molecular weight excluding hydrogens is 343 g/mol. The van der Waals surface area contributed by atoms with Crippen LogP contribution in [0.3, 0.4) is 0 Å². The largest absolute Gasteiger partial charge is 0.294 e. The van der Waals surface area contributed by atoms with Crippen LogP contribution in [-0.2, 0) is 6.54 Å². The Hall–Kier alpha value is -1.53. The first-order chi connectivity index (χ1) is 9.56. The van der Waals surface area contributed by atoms with Crippen LogP contribution in [0.2, 0.25) is 0 Å². The molecule has 0 bridgehead atoms. The van der Waals surface area contributed by atoms with Gasteiger partial charge in [0.25, 0.3) is 5.56 Å². The van der Waals surface area contributed by atoms with Crippen molar-refractivity contribution in [3.63, 3.8) is 0 Å². The molecule has 102 valence electrons. The summed E-state index contributed by atoms with van der Waals surface area (Å²) in [6, 6.07) is 4.72. The Labute approximate surface area is 126 Å². The van der Waals surface area contributed by atoms with Crippen LogP contribution in [0.1, 0.15) is 11.1 Å². The van der Waals surface area contributed by atoms with Crippen molar-refractivity contribution < 1.29 is 4.39 Å². The Balaban J connectivity index is 2.04. The van der Waals surface area contributed by atoms with Gasteiger partial charge in [-0.05, 0) is 51.5 Å². The Morgan fingerprint density at radius 2 is 2.25 bits per heavy atom. The number of aryl methyl sites for hydroxylation is 1. The van der Waals surface area contributed by atoms with Crippen LogP contribution in [0.5, 0.6) is 0 Å². The Kier molecular flexibility index (Phi) is 3.43. The highest BCUT2D eigenvalue weighted by Gasteiger charge is 2.09. The smallest absolute Gasteiger partial charge is 0.271 e. The van der Waals surface area contributed by atoms with Crippen molar-refractivity contribution in [2.24, 2.45) is 0 Å². The molecule has 0 fully saturated rings. The molecule has 0 unspecified atom stereocenters. The summed E-state index contributed by atoms with van der Waals surface area (Å²) in [5, 5.41) is 1.93. The lowest BCUT2D eigenvalue weighted by molar-refractivity contribution is 0.619. The zero-order valence-corrected chi connectivity index (χ0v) is 13.0. The first-order valence-electron chi connectivity index (χ1n) is 5.93. The summed E-state index contributed by atoms with van der Waals surface area (Å²) < 4.78 is 15.8. The zero-order valence-electron chi connectivity index (χ0n) is 10.6. The number of thiophene rings is 1. The van der Waals surface area contributed by atoms with Crippen LogP contribution in [-0.4, -0.2) is 9.55 Å². The standard InChI is InChI=1S/C14H10BrFN2OS/c1-8-6-20-13-12(8)17-7-18(14(13)19)5-9-2-3-11(16)10(15)4-9/h2-4,6-7H,5H2,1H3. The molecule has 3 rings (SSSR count). The molecule has 0 aliphatic carbocycles. The van der Waals surface area contributed by atoms with E-state index in [0.717, 1.165) is 16.6 Å². The summed E-state index contributed by atoms with van der Waals surface area (Å²) in [6.45, 7) is 2.31. The molecule has 0 atom stereocenters. The average Bonchev–Trinajstić information content (AvgIpc) is 2.80. The number of hydrogen-bond acceptors (Lipinski definition) is 3. The molecule has 20 heavy (non-hydrogen) atoms. The second-order valence-corrected chi connectivity index (χ2v) is 6.26. The van der Waals surface area contributed by atoms with E-state index >= 15 is 0 Å². The lowest BCUT2D eigenvalue weighted by Gasteiger charge is -2.06. The molecule has 3 nitrogen and oxygen atoms in total. The van der Waals surface area contributed by atoms with Gasteiger partial charge in [-0.15, -0.1) is 11.3 Å². The predicted molar refractivity (Wildman–Crippen MR) is 81.8 cm³/mol. The number of halogens is 2. The van der Waals surface area contributed by atoms with Gasteiger partial charge in [0.2, 0.25) is 0 Å². The molecular formula is C14H10BrFN2OS. The minimum atomic E-state index is -0.316. The van der Waals surface area contributed by atoms with E-state index in [9.17, 15) is 9.18 Å². The van der Waals surface area contributed by atoms with Crippen molar-refractivity contribution in [1.82, 2.24) is 9.55 Å². The molecule has 1 aromatic carbocycles. The van der Waals surface area contributed by atoms with Crippen LogP contribution in [0.4, 0.5) is 4.39 Å². The van der Waals surface area contributed by atoms with E-state index < -0.39 is 0 Å². The molecule has 0 amide bonds. The third-order valence-corrected chi connectivity index (χ3v) is 4.74. The summed E-state index contributed by atoms with van der Waals surface area (Å²) in [5.74, 6) is -0.316. The molecule has 2 heterocycles. The SMILES string of the molecule is Cc1csc2c(=O)n(Cc3ccc(F)c(Br)c3)cnc12. The highest BCUT2D eigenvalue weighted by Crippen LogP contribution is 2.20. The highest BCUT2D eigenvalue weighted by molar-refractivity contribution is 9.10. The molecule has 0 saturated carbocycles. The van der Waals surface area contributed by atoms with E-state index in [2.05, 4.69) is 20.9 Å². The normalized spacial score (nSPS) is 11.2. The van der Waals surface area contributed by atoms with Gasteiger partial charge < -0.3 is 0 Å². The number of aromatic nitrogens is 2. The molecule has 0 radical (unpaired) electrons. The highest BCUT2D eigenvalue weighted by atomic mass is 79.9. The van der Waals surface area contributed by atoms with Gasteiger partial charge in [0.15, 0.2) is 0 Å². The van der Waals surface area contributed by atoms with Crippen molar-refractivity contribution in [1.29, 1.82) is 0 Å². The van der Waals surface area contributed by atoms with Crippen LogP contribution in [0, 0.1) is 12.7 Å². The third-order valence-electron chi connectivity index (χ3n) is 3.06. The molecule has 2 aromatic heterocycles. The van der Waals surface area contributed by atoms with E-state index in [1.807, 2.05) is 12.3 Å². The minimum absolute atomic E-state index is 0.0615. The lowest BCUT2D eigenvalue weighted by Crippen LogP contribution is -2.20. The van der Waals surface area contributed by atoms with E-state index in [0.29, 0.717) is 15.7 Å². The van der Waals surface area contributed by atoms with Gasteiger partial charge in [0.1, 0.15) is 10.5 Å². The van der Waals surface area contributed by atoms with Crippen LogP contribution in [0.15, 0.2) is 39.2 Å². The molecule has 0 spiro atoms. The fourth-order valence-corrected chi connectivity index (χ4v) is 3.38. The van der Waals surface area contributed by atoms with Crippen LogP contribution >= 0.6 is 27.3 Å². The maximum atomic E-state index is 13.2. The van der Waals surface area contributed by atoms with Gasteiger partial charge in [0.05, 0.1) is 22.9 Å². The molecule has 0 saturated heterocycles. The van der Waals surface area contributed by atoms with Crippen molar-refractivity contribution in [3.05, 3.63) is 61.7 Å². The summed E-state index contributed by atoms with van der Waals surface area (Å²) in [7, 11) is 0. The lowest BCUT2D eigenvalue weighted by atomic mass is 10.2. The Morgan fingerprint density at radius 3 is 3.00 bits per heavy atom.